The molecule has 12 nitrogen and oxygen atoms in total. The predicted molar refractivity (Wildman–Crippen MR) is 222 cm³/mol. The summed E-state index contributed by atoms with van der Waals surface area (Å²) < 4.78 is 12.0. The minimum Gasteiger partial charge on any atom is -0.481 e. The number of amides is 1. The second-order valence-corrected chi connectivity index (χ2v) is 22.3. The zero-order chi connectivity index (χ0) is 43.4. The molecule has 0 spiro atoms. The molecule has 2 N–H and O–H groups in total. The Balaban J connectivity index is 1.16. The van der Waals surface area contributed by atoms with Gasteiger partial charge in [-0.1, -0.05) is 67.9 Å². The molecule has 5 saturated carbocycles. The number of rotatable bonds is 11. The maximum atomic E-state index is 14.3. The lowest BCUT2D eigenvalue weighted by molar-refractivity contribution is -0.238. The third-order valence-electron chi connectivity index (χ3n) is 18.4. The number of ketones is 1. The van der Waals surface area contributed by atoms with Gasteiger partial charge in [0.1, 0.15) is 6.10 Å². The van der Waals surface area contributed by atoms with E-state index in [-0.39, 0.29) is 70.2 Å². The molecule has 5 fully saturated rings. The van der Waals surface area contributed by atoms with Gasteiger partial charge >= 0.3 is 23.7 Å². The van der Waals surface area contributed by atoms with Gasteiger partial charge in [-0.2, -0.15) is 0 Å². The number of allylic oxidation sites excluding steroid dienone is 1. The number of carboxylic acid groups (broad SMARTS) is 1. The van der Waals surface area contributed by atoms with Crippen LogP contribution in [0.4, 0.5) is 0 Å². The number of fused-ring (bicyclic) bond motifs is 7. The van der Waals surface area contributed by atoms with Crippen LogP contribution < -0.4 is 0 Å². The fraction of sp³-hybridized carbons (Fsp3) is 0.830. The van der Waals surface area contributed by atoms with Gasteiger partial charge in [0.25, 0.3) is 0 Å². The standard InChI is InChI=1S/C47H72N4O8/c1-26(2)36-31(52)24-47(34(53)25-51(22-21-50(11)12)39(54)38-49-48-27(3)58-38)20-19-45(9)28(37(36)47)13-14-33-44(8)17-16-35(43(6,7)32(44)15-18-46(33,45)10)59-41(57)30-23-29(40(55)56)42(30,4)5/h26,28-30,32-35,53H,13-25H2,1-12H3,(H,55,56)/t28-,29+,30-,32+,33-,34+,35+,44+,45-,46-,47+/m1/s1. The van der Waals surface area contributed by atoms with Gasteiger partial charge in [0.2, 0.25) is 5.89 Å². The third kappa shape index (κ3) is 6.57. The lowest BCUT2D eigenvalue weighted by atomic mass is 9.33. The molecule has 0 unspecified atom stereocenters. The number of aliphatic hydroxyl groups is 1. The molecule has 1 aromatic heterocycles. The molecule has 6 aliphatic carbocycles. The monoisotopic (exact) mass is 821 g/mol. The first kappa shape index (κ1) is 44.0. The van der Waals surface area contributed by atoms with Crippen LogP contribution in [0, 0.1) is 74.9 Å². The van der Waals surface area contributed by atoms with E-state index < -0.39 is 40.6 Å². The molecule has 1 amide bonds. The van der Waals surface area contributed by atoms with Gasteiger partial charge in [0.05, 0.1) is 17.9 Å². The van der Waals surface area contributed by atoms with E-state index in [9.17, 15) is 29.4 Å². The Morgan fingerprint density at radius 2 is 1.56 bits per heavy atom. The number of nitrogens with zero attached hydrogens (tertiary/aromatic N) is 4. The number of aliphatic hydroxyl groups excluding tert-OH is 1. The van der Waals surface area contributed by atoms with Crippen LogP contribution in [-0.2, 0) is 19.1 Å². The molecule has 7 rings (SSSR count). The van der Waals surface area contributed by atoms with E-state index in [2.05, 4.69) is 58.7 Å². The van der Waals surface area contributed by atoms with Crippen molar-refractivity contribution in [2.75, 3.05) is 33.7 Å². The maximum absolute atomic E-state index is 14.3. The number of hydrogen-bond donors (Lipinski definition) is 2. The fourth-order valence-corrected chi connectivity index (χ4v) is 14.7. The average molecular weight is 821 g/mol. The lowest BCUT2D eigenvalue weighted by Gasteiger charge is -2.72. The zero-order valence-corrected chi connectivity index (χ0v) is 37.9. The van der Waals surface area contributed by atoms with Gasteiger partial charge in [-0.3, -0.25) is 19.2 Å². The Kier molecular flexibility index (Phi) is 11.0. The first-order chi connectivity index (χ1) is 27.4. The van der Waals surface area contributed by atoms with E-state index in [0.29, 0.717) is 43.7 Å². The number of ether oxygens (including phenoxy) is 1. The van der Waals surface area contributed by atoms with Crippen LogP contribution in [0.1, 0.15) is 143 Å². The van der Waals surface area contributed by atoms with Crippen molar-refractivity contribution in [1.82, 2.24) is 20.0 Å². The summed E-state index contributed by atoms with van der Waals surface area (Å²) in [6.07, 6.45) is 6.76. The predicted octanol–water partition coefficient (Wildman–Crippen LogP) is 7.38. The number of hydrogen-bond acceptors (Lipinski definition) is 10. The zero-order valence-electron chi connectivity index (χ0n) is 37.9. The van der Waals surface area contributed by atoms with Crippen LogP contribution in [0.2, 0.25) is 0 Å². The highest BCUT2D eigenvalue weighted by atomic mass is 16.5. The lowest BCUT2D eigenvalue weighted by Crippen LogP contribution is -2.66. The fourth-order valence-electron chi connectivity index (χ4n) is 14.7. The molecule has 59 heavy (non-hydrogen) atoms. The van der Waals surface area contributed by atoms with E-state index in [4.69, 9.17) is 9.15 Å². The quantitative estimate of drug-likeness (QED) is 0.214. The Morgan fingerprint density at radius 1 is 0.864 bits per heavy atom. The van der Waals surface area contributed by atoms with Gasteiger partial charge < -0.3 is 29.2 Å². The minimum absolute atomic E-state index is 0.0138. The Morgan fingerprint density at radius 3 is 2.15 bits per heavy atom. The summed E-state index contributed by atoms with van der Waals surface area (Å²) in [6.45, 7) is 22.8. The Bertz CT molecular complexity index is 1900. The summed E-state index contributed by atoms with van der Waals surface area (Å²) >= 11 is 0. The second-order valence-electron chi connectivity index (χ2n) is 22.3. The van der Waals surface area contributed by atoms with Crippen LogP contribution in [0.3, 0.4) is 0 Å². The second kappa shape index (κ2) is 14.8. The topological polar surface area (TPSA) is 163 Å². The summed E-state index contributed by atoms with van der Waals surface area (Å²) in [4.78, 5) is 57.3. The number of carbonyl (C=O) groups is 4. The van der Waals surface area contributed by atoms with Crippen molar-refractivity contribution < 1.29 is 38.5 Å². The molecule has 12 heteroatoms. The van der Waals surface area contributed by atoms with E-state index in [0.717, 1.165) is 50.5 Å². The van der Waals surface area contributed by atoms with Gasteiger partial charge in [-0.05, 0) is 123 Å². The van der Waals surface area contributed by atoms with Gasteiger partial charge in [0, 0.05) is 43.8 Å². The van der Waals surface area contributed by atoms with E-state index >= 15 is 0 Å². The van der Waals surface area contributed by atoms with Crippen molar-refractivity contribution in [3.63, 3.8) is 0 Å². The summed E-state index contributed by atoms with van der Waals surface area (Å²) in [5.41, 5.74) is 0.310. The Labute approximate surface area is 351 Å². The minimum atomic E-state index is -0.949. The molecule has 0 aliphatic heterocycles. The van der Waals surface area contributed by atoms with E-state index in [1.54, 1.807) is 11.8 Å². The number of aliphatic carboxylic acids is 1. The summed E-state index contributed by atoms with van der Waals surface area (Å²) in [5.74, 6) is -1.16. The summed E-state index contributed by atoms with van der Waals surface area (Å²) in [5, 5.41) is 30.2. The van der Waals surface area contributed by atoms with E-state index in [1.807, 2.05) is 32.8 Å². The summed E-state index contributed by atoms with van der Waals surface area (Å²) in [7, 11) is 3.90. The number of aromatic nitrogens is 2. The number of carbonyl (C=O) groups excluding carboxylic acids is 3. The van der Waals surface area contributed by atoms with Crippen molar-refractivity contribution in [3.05, 3.63) is 22.9 Å². The van der Waals surface area contributed by atoms with E-state index in [1.165, 1.54) is 5.57 Å². The smallest absolute Gasteiger partial charge is 0.311 e. The summed E-state index contributed by atoms with van der Waals surface area (Å²) in [6, 6.07) is 0. The molecule has 0 aromatic carbocycles. The van der Waals surface area contributed by atoms with Crippen molar-refractivity contribution in [1.29, 1.82) is 0 Å². The number of likely N-dealkylation sites (N-methyl/N-ethyl adjacent to an activating group) is 1. The highest BCUT2D eigenvalue weighted by molar-refractivity contribution is 6.01. The molecule has 0 saturated heterocycles. The molecule has 6 aliphatic rings. The molecule has 0 radical (unpaired) electrons. The van der Waals surface area contributed by atoms with Crippen LogP contribution in [0.15, 0.2) is 15.6 Å². The molecular weight excluding hydrogens is 749 g/mol. The largest absolute Gasteiger partial charge is 0.481 e. The maximum Gasteiger partial charge on any atom is 0.311 e. The Hall–Kier alpha value is -3.12. The highest BCUT2D eigenvalue weighted by Crippen LogP contribution is 2.77. The highest BCUT2D eigenvalue weighted by Gasteiger charge is 2.71. The van der Waals surface area contributed by atoms with Crippen molar-refractivity contribution >= 4 is 23.6 Å². The first-order valence-electron chi connectivity index (χ1n) is 22.5. The molecule has 328 valence electrons. The number of aryl methyl sites for hydroxylation is 1. The first-order valence-corrected chi connectivity index (χ1v) is 22.5. The van der Waals surface area contributed by atoms with Crippen molar-refractivity contribution in [2.24, 2.45) is 68.0 Å². The van der Waals surface area contributed by atoms with Crippen molar-refractivity contribution in [3.8, 4) is 0 Å². The molecule has 1 heterocycles. The van der Waals surface area contributed by atoms with Crippen LogP contribution in [-0.4, -0.2) is 99.8 Å². The number of esters is 1. The molecule has 11 atom stereocenters. The van der Waals surface area contributed by atoms with Gasteiger partial charge in [0.15, 0.2) is 5.78 Å². The molecule has 0 bridgehead atoms. The van der Waals surface area contributed by atoms with Crippen LogP contribution >= 0.6 is 0 Å². The molecule has 1 aromatic rings. The normalized spacial score (nSPS) is 38.8. The SMILES string of the molecule is Cc1nnc(C(=O)N(CCN(C)C)C[C@H](O)[C@@]23CC[C@]4(C)[C@H](CC[C@@H]5[C@@]6(C)CC[C@H](OC(=O)[C@H]7C[C@@H](C(=O)O)C7(C)C)C(C)(C)[C@@H]6CC[C@]54C)C2=C(C(C)C)C(=O)C3)o1. The van der Waals surface area contributed by atoms with Crippen LogP contribution in [0.5, 0.6) is 0 Å². The molecular formula is C47H72N4O8. The van der Waals surface area contributed by atoms with Crippen LogP contribution in [0.25, 0.3) is 0 Å². The van der Waals surface area contributed by atoms with Gasteiger partial charge in [-0.25, -0.2) is 0 Å². The van der Waals surface area contributed by atoms with Crippen molar-refractivity contribution in [2.45, 2.75) is 146 Å². The third-order valence-corrected chi connectivity index (χ3v) is 18.4. The average Bonchev–Trinajstić information content (AvgIpc) is 3.71. The number of carboxylic acids is 1. The number of Topliss-reactive ketones (excluding diaryl/α,β-unsaturated/α-hetero) is 1. The van der Waals surface area contributed by atoms with Gasteiger partial charge in [-0.15, -0.1) is 10.2 Å².